The van der Waals surface area contributed by atoms with Crippen molar-refractivity contribution >= 4 is 66.6 Å². The lowest BCUT2D eigenvalue weighted by molar-refractivity contribution is 0.669. The predicted octanol–water partition coefficient (Wildman–Crippen LogP) is 17.1. The molecular weight excluding hydrogens is 831 g/mol. The van der Waals surface area contributed by atoms with Gasteiger partial charge >= 0.3 is 0 Å². The monoisotopic (exact) mass is 867 g/mol. The first-order valence-electron chi connectivity index (χ1n) is 22.7. The van der Waals surface area contributed by atoms with Crippen LogP contribution in [0.5, 0.6) is 0 Å². The minimum Gasteiger partial charge on any atom is -0.455 e. The van der Waals surface area contributed by atoms with Crippen molar-refractivity contribution in [2.75, 3.05) is 4.90 Å². The zero-order valence-electron chi connectivity index (χ0n) is 36.5. The van der Waals surface area contributed by atoms with Gasteiger partial charge in [0.05, 0.1) is 23.6 Å². The van der Waals surface area contributed by atoms with E-state index in [0.717, 1.165) is 117 Å². The molecule has 13 rings (SSSR count). The number of hydrogen-bond acceptors (Lipinski definition) is 4. The summed E-state index contributed by atoms with van der Waals surface area (Å²) in [6.07, 6.45) is 0. The molecule has 68 heavy (non-hydrogen) atoms. The fourth-order valence-electron chi connectivity index (χ4n) is 10.8. The molecule has 0 bridgehead atoms. The van der Waals surface area contributed by atoms with Gasteiger partial charge in [-0.1, -0.05) is 164 Å². The summed E-state index contributed by atoms with van der Waals surface area (Å²) in [6.45, 7) is 7.72. The van der Waals surface area contributed by atoms with E-state index in [1.807, 2.05) is 48.5 Å². The van der Waals surface area contributed by atoms with Crippen molar-refractivity contribution in [3.8, 4) is 39.4 Å². The Balaban J connectivity index is 0.984. The highest BCUT2D eigenvalue weighted by molar-refractivity contribution is 6.10. The molecule has 0 fully saturated rings. The number of para-hydroxylation sites is 4. The lowest BCUT2D eigenvalue weighted by Gasteiger charge is -2.34. The topological polar surface area (TPSA) is 57.7 Å². The van der Waals surface area contributed by atoms with Crippen LogP contribution in [0.15, 0.2) is 233 Å². The van der Waals surface area contributed by atoms with Gasteiger partial charge in [0.1, 0.15) is 22.3 Å². The third-order valence-corrected chi connectivity index (χ3v) is 13.8. The van der Waals surface area contributed by atoms with Gasteiger partial charge in [-0.05, 0) is 105 Å². The van der Waals surface area contributed by atoms with Crippen LogP contribution in [0.3, 0.4) is 0 Å². The summed E-state index contributed by atoms with van der Waals surface area (Å²) in [6, 6.07) is 80.3. The quantitative estimate of drug-likeness (QED) is 0.150. The second kappa shape index (κ2) is 15.4. The molecule has 0 radical (unpaired) electrons. The number of benzene rings is 10. The van der Waals surface area contributed by atoms with E-state index in [2.05, 4.69) is 192 Å². The minimum atomic E-state index is -0.706. The number of anilines is 3. The molecule has 10 aromatic carbocycles. The summed E-state index contributed by atoms with van der Waals surface area (Å²) in [4.78, 5) is 6.05. The Morgan fingerprint density at radius 1 is 0.426 bits per heavy atom. The lowest BCUT2D eigenvalue weighted by atomic mass is 9.67. The summed E-state index contributed by atoms with van der Waals surface area (Å²) in [5.74, 6) is 0. The molecule has 1 atom stereocenters. The van der Waals surface area contributed by atoms with Crippen molar-refractivity contribution in [2.45, 2.75) is 5.41 Å². The average Bonchev–Trinajstić information content (AvgIpc) is 4.08. The Morgan fingerprint density at radius 2 is 0.897 bits per heavy atom. The molecule has 5 heteroatoms. The van der Waals surface area contributed by atoms with Crippen molar-refractivity contribution in [3.05, 3.63) is 264 Å². The molecule has 0 amide bonds. The van der Waals surface area contributed by atoms with Crippen LogP contribution in [0.1, 0.15) is 27.8 Å². The molecular formula is C63H37N3O2. The van der Waals surface area contributed by atoms with Crippen LogP contribution in [0.4, 0.5) is 22.7 Å². The first kappa shape index (κ1) is 39.0. The first-order chi connectivity index (χ1) is 33.6. The van der Waals surface area contributed by atoms with Crippen molar-refractivity contribution in [3.63, 3.8) is 0 Å². The van der Waals surface area contributed by atoms with Crippen molar-refractivity contribution in [1.82, 2.24) is 0 Å². The summed E-state index contributed by atoms with van der Waals surface area (Å²) >= 11 is 0. The van der Waals surface area contributed by atoms with E-state index in [0.29, 0.717) is 11.3 Å². The van der Waals surface area contributed by atoms with Gasteiger partial charge in [-0.2, -0.15) is 5.26 Å². The van der Waals surface area contributed by atoms with Crippen LogP contribution in [0, 0.1) is 17.9 Å². The van der Waals surface area contributed by atoms with Gasteiger partial charge in [0.25, 0.3) is 0 Å². The van der Waals surface area contributed by atoms with Crippen LogP contribution >= 0.6 is 0 Å². The van der Waals surface area contributed by atoms with E-state index in [9.17, 15) is 5.26 Å². The Bertz CT molecular complexity index is 3820. The predicted molar refractivity (Wildman–Crippen MR) is 275 cm³/mol. The van der Waals surface area contributed by atoms with Gasteiger partial charge in [-0.15, -0.1) is 0 Å². The van der Waals surface area contributed by atoms with Gasteiger partial charge < -0.3 is 13.7 Å². The largest absolute Gasteiger partial charge is 0.455 e. The molecule has 0 aliphatic heterocycles. The van der Waals surface area contributed by atoms with Gasteiger partial charge in [-0.25, -0.2) is 4.85 Å². The first-order valence-corrected chi connectivity index (χ1v) is 22.7. The Kier molecular flexibility index (Phi) is 8.80. The third kappa shape index (κ3) is 5.87. The second-order valence-corrected chi connectivity index (χ2v) is 17.4. The Hall–Kier alpha value is -9.42. The number of hydrogen-bond donors (Lipinski definition) is 0. The fraction of sp³-hybridized carbons (Fsp3) is 0.0159. The van der Waals surface area contributed by atoms with Gasteiger partial charge in [0.2, 0.25) is 0 Å². The molecule has 1 aliphatic rings. The maximum atomic E-state index is 9.81. The molecule has 316 valence electrons. The van der Waals surface area contributed by atoms with E-state index in [-0.39, 0.29) is 0 Å². The zero-order chi connectivity index (χ0) is 45.3. The van der Waals surface area contributed by atoms with E-state index in [1.54, 1.807) is 0 Å². The molecule has 5 nitrogen and oxygen atoms in total. The molecule has 2 heterocycles. The molecule has 1 aliphatic carbocycles. The zero-order valence-corrected chi connectivity index (χ0v) is 36.5. The van der Waals surface area contributed by atoms with E-state index < -0.39 is 5.41 Å². The fourth-order valence-corrected chi connectivity index (χ4v) is 10.8. The molecule has 0 saturated carbocycles. The van der Waals surface area contributed by atoms with Crippen LogP contribution < -0.4 is 4.90 Å². The summed E-state index contributed by atoms with van der Waals surface area (Å²) in [7, 11) is 0. The third-order valence-electron chi connectivity index (χ3n) is 13.8. The van der Waals surface area contributed by atoms with Crippen LogP contribution in [-0.4, -0.2) is 0 Å². The van der Waals surface area contributed by atoms with Crippen molar-refractivity contribution in [1.29, 1.82) is 5.26 Å². The van der Waals surface area contributed by atoms with Crippen molar-refractivity contribution < 1.29 is 8.83 Å². The van der Waals surface area contributed by atoms with E-state index >= 15 is 0 Å². The van der Waals surface area contributed by atoms with Crippen LogP contribution in [0.2, 0.25) is 0 Å². The maximum absolute atomic E-state index is 9.81. The second-order valence-electron chi connectivity index (χ2n) is 17.4. The smallest absolute Gasteiger partial charge is 0.187 e. The Morgan fingerprint density at radius 3 is 1.46 bits per heavy atom. The van der Waals surface area contributed by atoms with Crippen molar-refractivity contribution in [2.24, 2.45) is 0 Å². The number of furan rings is 2. The lowest BCUT2D eigenvalue weighted by Crippen LogP contribution is -2.28. The average molecular weight is 868 g/mol. The summed E-state index contributed by atoms with van der Waals surface area (Å²) < 4.78 is 13.0. The van der Waals surface area contributed by atoms with E-state index in [4.69, 9.17) is 15.4 Å². The number of fused-ring (bicyclic) bond motifs is 9. The van der Waals surface area contributed by atoms with Crippen LogP contribution in [-0.2, 0) is 5.41 Å². The highest BCUT2D eigenvalue weighted by Crippen LogP contribution is 2.57. The Labute approximate surface area is 392 Å². The number of rotatable bonds is 7. The maximum Gasteiger partial charge on any atom is 0.187 e. The highest BCUT2D eigenvalue weighted by Gasteiger charge is 2.46. The van der Waals surface area contributed by atoms with Gasteiger partial charge in [0.15, 0.2) is 5.69 Å². The standard InChI is InChI=1S/C63H37N3O2/c1-65-45-30-28-44(29-31-45)63(43-26-20-40(39-64)21-27-43)57-17-5-2-10-51(57)56-38-48(36-37-58(56)63)66(46-32-22-41(23-33-46)49-13-8-15-54-52-11-3-6-18-59(52)67-61(49)54)47-34-24-42(25-35-47)50-14-9-16-55-53-12-4-7-19-60(53)68-62(50)55/h2-38H. The van der Waals surface area contributed by atoms with E-state index in [1.165, 1.54) is 0 Å². The molecule has 0 saturated heterocycles. The van der Waals surface area contributed by atoms with Gasteiger partial charge in [-0.3, -0.25) is 0 Å². The highest BCUT2D eigenvalue weighted by atomic mass is 16.3. The molecule has 0 spiro atoms. The normalized spacial score (nSPS) is 13.9. The number of nitriles is 1. The molecule has 12 aromatic rings. The minimum absolute atomic E-state index is 0.585. The van der Waals surface area contributed by atoms with Crippen LogP contribution in [0.25, 0.3) is 82.1 Å². The SMILES string of the molecule is [C-]#[N+]c1ccc(C2(c3ccc(C#N)cc3)c3ccccc3-c3cc(N(c4ccc(-c5cccc6c5oc5ccccc56)cc4)c4ccc(-c5cccc6c5oc5ccccc56)cc4)ccc32)cc1. The molecule has 0 N–H and O–H groups in total. The summed E-state index contributed by atoms with van der Waals surface area (Å²) in [5.41, 5.74) is 17.8. The number of nitrogens with zero attached hydrogens (tertiary/aromatic N) is 3. The summed E-state index contributed by atoms with van der Waals surface area (Å²) in [5, 5.41) is 14.2. The van der Waals surface area contributed by atoms with Gasteiger partial charge in [0, 0.05) is 49.7 Å². The molecule has 2 aromatic heterocycles. The molecule has 1 unspecified atom stereocenters.